The van der Waals surface area contributed by atoms with E-state index in [9.17, 15) is 0 Å². The third kappa shape index (κ3) is 4.90. The smallest absolute Gasteiger partial charge is 0.0409 e. The van der Waals surface area contributed by atoms with E-state index in [-0.39, 0.29) is 0 Å². The van der Waals surface area contributed by atoms with Gasteiger partial charge in [0.15, 0.2) is 0 Å². The molecule has 0 aliphatic heterocycles. The summed E-state index contributed by atoms with van der Waals surface area (Å²) in [6.07, 6.45) is 0. The SMILES string of the molecule is CNC(CSCc1ccccc1)c1ccc(C(C)C)cc1. The van der Waals surface area contributed by atoms with Crippen LogP contribution >= 0.6 is 11.8 Å². The Morgan fingerprint density at radius 1 is 0.905 bits per heavy atom. The molecule has 0 saturated carbocycles. The van der Waals surface area contributed by atoms with Crippen molar-refractivity contribution in [3.8, 4) is 0 Å². The maximum Gasteiger partial charge on any atom is 0.0409 e. The Hall–Kier alpha value is -1.25. The molecule has 0 fully saturated rings. The van der Waals surface area contributed by atoms with Gasteiger partial charge in [-0.25, -0.2) is 0 Å². The van der Waals surface area contributed by atoms with Crippen molar-refractivity contribution in [3.63, 3.8) is 0 Å². The van der Waals surface area contributed by atoms with Gasteiger partial charge >= 0.3 is 0 Å². The monoisotopic (exact) mass is 299 g/mol. The molecule has 0 bridgehead atoms. The van der Waals surface area contributed by atoms with Crippen LogP contribution in [-0.2, 0) is 5.75 Å². The molecule has 0 radical (unpaired) electrons. The summed E-state index contributed by atoms with van der Waals surface area (Å²) in [7, 11) is 2.05. The van der Waals surface area contributed by atoms with E-state index in [1.807, 2.05) is 18.8 Å². The first-order chi connectivity index (χ1) is 10.2. The van der Waals surface area contributed by atoms with Crippen LogP contribution in [0.3, 0.4) is 0 Å². The van der Waals surface area contributed by atoms with Crippen LogP contribution in [0.25, 0.3) is 0 Å². The minimum absolute atomic E-state index is 0.417. The molecule has 2 rings (SSSR count). The number of benzene rings is 2. The summed E-state index contributed by atoms with van der Waals surface area (Å²) < 4.78 is 0. The highest BCUT2D eigenvalue weighted by atomic mass is 32.2. The van der Waals surface area contributed by atoms with E-state index in [1.54, 1.807) is 0 Å². The summed E-state index contributed by atoms with van der Waals surface area (Å²) in [5.74, 6) is 2.76. The van der Waals surface area contributed by atoms with Crippen LogP contribution in [0.4, 0.5) is 0 Å². The Morgan fingerprint density at radius 2 is 1.52 bits per heavy atom. The van der Waals surface area contributed by atoms with Gasteiger partial charge in [0.1, 0.15) is 0 Å². The fourth-order valence-electron chi connectivity index (χ4n) is 2.33. The topological polar surface area (TPSA) is 12.0 Å². The van der Waals surface area contributed by atoms with E-state index in [2.05, 4.69) is 73.8 Å². The van der Waals surface area contributed by atoms with Gasteiger partial charge in [-0.1, -0.05) is 68.4 Å². The first-order valence-electron chi connectivity index (χ1n) is 7.59. The van der Waals surface area contributed by atoms with E-state index in [0.29, 0.717) is 12.0 Å². The second-order valence-electron chi connectivity index (χ2n) is 5.66. The quantitative estimate of drug-likeness (QED) is 0.772. The van der Waals surface area contributed by atoms with Gasteiger partial charge in [0.25, 0.3) is 0 Å². The van der Waals surface area contributed by atoms with E-state index in [1.165, 1.54) is 16.7 Å². The molecule has 21 heavy (non-hydrogen) atoms. The van der Waals surface area contributed by atoms with Gasteiger partial charge in [-0.3, -0.25) is 0 Å². The standard InChI is InChI=1S/C19H25NS/c1-15(2)17-9-11-18(12-10-17)19(20-3)14-21-13-16-7-5-4-6-8-16/h4-12,15,19-20H,13-14H2,1-3H3. The van der Waals surface area contributed by atoms with Crippen LogP contribution in [0.5, 0.6) is 0 Å². The van der Waals surface area contributed by atoms with Gasteiger partial charge in [-0.2, -0.15) is 11.8 Å². The minimum atomic E-state index is 0.417. The molecule has 1 unspecified atom stereocenters. The first kappa shape index (κ1) is 16.1. The molecule has 0 heterocycles. The predicted octanol–water partition coefficient (Wildman–Crippen LogP) is 5.00. The number of thioether (sulfide) groups is 1. The summed E-state index contributed by atoms with van der Waals surface area (Å²) in [6.45, 7) is 4.47. The van der Waals surface area contributed by atoms with Crippen LogP contribution in [0.2, 0.25) is 0 Å². The second kappa shape index (κ2) is 8.26. The van der Waals surface area contributed by atoms with Gasteiger partial charge in [-0.15, -0.1) is 0 Å². The Kier molecular flexibility index (Phi) is 6.34. The number of rotatable bonds is 7. The average molecular weight is 299 g/mol. The third-order valence-corrected chi connectivity index (χ3v) is 4.86. The molecular weight excluding hydrogens is 274 g/mol. The molecule has 0 saturated heterocycles. The van der Waals surface area contributed by atoms with E-state index >= 15 is 0 Å². The van der Waals surface area contributed by atoms with Crippen molar-refractivity contribution in [2.75, 3.05) is 12.8 Å². The molecule has 0 spiro atoms. The van der Waals surface area contributed by atoms with Crippen molar-refractivity contribution in [3.05, 3.63) is 71.3 Å². The fraction of sp³-hybridized carbons (Fsp3) is 0.368. The Balaban J connectivity index is 1.90. The highest BCUT2D eigenvalue weighted by Gasteiger charge is 2.09. The number of hydrogen-bond acceptors (Lipinski definition) is 2. The lowest BCUT2D eigenvalue weighted by atomic mass is 10.00. The molecule has 0 aliphatic carbocycles. The summed E-state index contributed by atoms with van der Waals surface area (Å²) in [5, 5.41) is 3.43. The molecule has 1 atom stereocenters. The van der Waals surface area contributed by atoms with Gasteiger partial charge in [-0.05, 0) is 29.7 Å². The van der Waals surface area contributed by atoms with Crippen LogP contribution in [0.15, 0.2) is 54.6 Å². The zero-order valence-corrected chi connectivity index (χ0v) is 14.0. The molecule has 0 aromatic heterocycles. The van der Waals surface area contributed by atoms with Gasteiger partial charge < -0.3 is 5.32 Å². The highest BCUT2D eigenvalue weighted by Crippen LogP contribution is 2.23. The van der Waals surface area contributed by atoms with Crippen molar-refractivity contribution in [1.29, 1.82) is 0 Å². The van der Waals surface area contributed by atoms with Crippen LogP contribution in [-0.4, -0.2) is 12.8 Å². The zero-order valence-electron chi connectivity index (χ0n) is 13.2. The Morgan fingerprint density at radius 3 is 2.10 bits per heavy atom. The average Bonchev–Trinajstić information content (AvgIpc) is 2.53. The van der Waals surface area contributed by atoms with Crippen LogP contribution in [0, 0.1) is 0 Å². The molecule has 2 aromatic carbocycles. The van der Waals surface area contributed by atoms with Crippen molar-refractivity contribution >= 4 is 11.8 Å². The first-order valence-corrected chi connectivity index (χ1v) is 8.75. The Bertz CT molecular complexity index is 519. The van der Waals surface area contributed by atoms with E-state index in [4.69, 9.17) is 0 Å². The zero-order chi connectivity index (χ0) is 15.1. The van der Waals surface area contributed by atoms with Crippen molar-refractivity contribution in [1.82, 2.24) is 5.32 Å². The second-order valence-corrected chi connectivity index (χ2v) is 6.69. The lowest BCUT2D eigenvalue weighted by Crippen LogP contribution is -2.18. The summed E-state index contributed by atoms with van der Waals surface area (Å²) in [5.41, 5.74) is 4.18. The van der Waals surface area contributed by atoms with E-state index < -0.39 is 0 Å². The molecule has 0 amide bonds. The predicted molar refractivity (Wildman–Crippen MR) is 94.9 cm³/mol. The molecule has 112 valence electrons. The maximum atomic E-state index is 3.43. The molecule has 0 aliphatic rings. The lowest BCUT2D eigenvalue weighted by molar-refractivity contribution is 0.661. The summed E-state index contributed by atoms with van der Waals surface area (Å²) >= 11 is 1.98. The van der Waals surface area contributed by atoms with Gasteiger partial charge in [0.05, 0.1) is 0 Å². The minimum Gasteiger partial charge on any atom is -0.312 e. The number of nitrogens with one attached hydrogen (secondary N) is 1. The Labute approximate surface area is 133 Å². The molecular formula is C19H25NS. The molecule has 1 N–H and O–H groups in total. The van der Waals surface area contributed by atoms with Gasteiger partial charge in [0, 0.05) is 17.5 Å². The maximum absolute atomic E-state index is 3.43. The summed E-state index contributed by atoms with van der Waals surface area (Å²) in [4.78, 5) is 0. The molecule has 1 nitrogen and oxygen atoms in total. The largest absolute Gasteiger partial charge is 0.312 e. The fourth-order valence-corrected chi connectivity index (χ4v) is 3.47. The lowest BCUT2D eigenvalue weighted by Gasteiger charge is -2.17. The van der Waals surface area contributed by atoms with Crippen LogP contribution in [0.1, 0.15) is 42.5 Å². The highest BCUT2D eigenvalue weighted by molar-refractivity contribution is 7.98. The van der Waals surface area contributed by atoms with Crippen molar-refractivity contribution < 1.29 is 0 Å². The van der Waals surface area contributed by atoms with Gasteiger partial charge in [0.2, 0.25) is 0 Å². The van der Waals surface area contributed by atoms with E-state index in [0.717, 1.165) is 11.5 Å². The molecule has 2 heteroatoms. The third-order valence-electron chi connectivity index (χ3n) is 3.75. The number of hydrogen-bond donors (Lipinski definition) is 1. The normalized spacial score (nSPS) is 12.6. The summed E-state index contributed by atoms with van der Waals surface area (Å²) in [6, 6.07) is 20.1. The van der Waals surface area contributed by atoms with Crippen LogP contribution < -0.4 is 5.32 Å². The molecule has 2 aromatic rings. The van der Waals surface area contributed by atoms with Crippen molar-refractivity contribution in [2.45, 2.75) is 31.6 Å². The van der Waals surface area contributed by atoms with Crippen molar-refractivity contribution in [2.24, 2.45) is 0 Å².